The molecule has 148 valence electrons. The lowest BCUT2D eigenvalue weighted by atomic mass is 9.96. The Bertz CT molecular complexity index is 912. The zero-order chi connectivity index (χ0) is 20.3. The summed E-state index contributed by atoms with van der Waals surface area (Å²) >= 11 is 0. The highest BCUT2D eigenvalue weighted by atomic mass is 16.5. The van der Waals surface area contributed by atoms with E-state index in [4.69, 9.17) is 4.74 Å². The third-order valence-corrected chi connectivity index (χ3v) is 5.56. The van der Waals surface area contributed by atoms with Gasteiger partial charge in [0.1, 0.15) is 5.56 Å². The summed E-state index contributed by atoms with van der Waals surface area (Å²) < 4.78 is 6.40. The number of carbonyl (C=O) groups is 2. The minimum Gasteiger partial charge on any atom is -0.469 e. The number of pyridine rings is 1. The molecule has 0 spiro atoms. The zero-order valence-corrected chi connectivity index (χ0v) is 16.6. The number of methoxy groups -OCH3 is 1. The molecule has 1 unspecified atom stereocenters. The molecule has 0 radical (unpaired) electrons. The van der Waals surface area contributed by atoms with E-state index in [2.05, 4.69) is 0 Å². The number of hydrogen-bond acceptors (Lipinski definition) is 4. The quantitative estimate of drug-likeness (QED) is 0.763. The second kappa shape index (κ2) is 8.42. The summed E-state index contributed by atoms with van der Waals surface area (Å²) in [5, 5.41) is 0. The summed E-state index contributed by atoms with van der Waals surface area (Å²) in [6.07, 6.45) is 2.85. The molecule has 6 heteroatoms. The van der Waals surface area contributed by atoms with Crippen LogP contribution in [0.2, 0.25) is 0 Å². The maximum absolute atomic E-state index is 13.1. The van der Waals surface area contributed by atoms with Gasteiger partial charge in [0.05, 0.1) is 19.1 Å². The monoisotopic (exact) mass is 382 g/mol. The molecule has 1 aliphatic rings. The van der Waals surface area contributed by atoms with E-state index in [0.29, 0.717) is 31.5 Å². The fourth-order valence-corrected chi connectivity index (χ4v) is 3.74. The van der Waals surface area contributed by atoms with Gasteiger partial charge in [0, 0.05) is 19.3 Å². The molecule has 1 aromatic carbocycles. The Balaban J connectivity index is 1.85. The molecule has 0 bridgehead atoms. The van der Waals surface area contributed by atoms with Crippen molar-refractivity contribution in [3.05, 3.63) is 69.6 Å². The van der Waals surface area contributed by atoms with Crippen LogP contribution < -0.4 is 5.56 Å². The van der Waals surface area contributed by atoms with E-state index in [-0.39, 0.29) is 35.0 Å². The number of piperidine rings is 1. The summed E-state index contributed by atoms with van der Waals surface area (Å²) in [5.41, 5.74) is 1.60. The Hall–Kier alpha value is -2.89. The van der Waals surface area contributed by atoms with Gasteiger partial charge in [-0.1, -0.05) is 30.3 Å². The molecule has 2 heterocycles. The van der Waals surface area contributed by atoms with Gasteiger partial charge in [-0.3, -0.25) is 14.4 Å². The Morgan fingerprint density at radius 1 is 1.11 bits per heavy atom. The maximum atomic E-state index is 13.1. The van der Waals surface area contributed by atoms with Crippen molar-refractivity contribution in [2.24, 2.45) is 5.92 Å². The first kappa shape index (κ1) is 19.9. The molecule has 1 fully saturated rings. The maximum Gasteiger partial charge on any atom is 0.308 e. The van der Waals surface area contributed by atoms with Crippen LogP contribution >= 0.6 is 0 Å². The number of hydrogen-bond donors (Lipinski definition) is 0. The predicted octanol–water partition coefficient (Wildman–Crippen LogP) is 2.79. The lowest BCUT2D eigenvalue weighted by Gasteiger charge is -2.31. The SMILES string of the molecule is COC(=O)C1CCN(C(=O)c2c(C)ccn(C(C)c3ccccc3)c2=O)CC1. The van der Waals surface area contributed by atoms with E-state index in [0.717, 1.165) is 5.56 Å². The first-order valence-electron chi connectivity index (χ1n) is 9.57. The van der Waals surface area contributed by atoms with Crippen LogP contribution in [-0.4, -0.2) is 41.5 Å². The number of rotatable bonds is 4. The van der Waals surface area contributed by atoms with Crippen LogP contribution in [-0.2, 0) is 9.53 Å². The van der Waals surface area contributed by atoms with Crippen LogP contribution in [0.15, 0.2) is 47.4 Å². The van der Waals surface area contributed by atoms with Gasteiger partial charge >= 0.3 is 5.97 Å². The van der Waals surface area contributed by atoms with Crippen molar-refractivity contribution >= 4 is 11.9 Å². The lowest BCUT2D eigenvalue weighted by Crippen LogP contribution is -2.43. The summed E-state index contributed by atoms with van der Waals surface area (Å²) in [4.78, 5) is 39.6. The first-order valence-corrected chi connectivity index (χ1v) is 9.57. The number of likely N-dealkylation sites (tertiary alicyclic amines) is 1. The average molecular weight is 382 g/mol. The van der Waals surface area contributed by atoms with Crippen molar-refractivity contribution in [2.75, 3.05) is 20.2 Å². The van der Waals surface area contributed by atoms with Crippen LogP contribution in [0.25, 0.3) is 0 Å². The van der Waals surface area contributed by atoms with Crippen LogP contribution in [0, 0.1) is 12.8 Å². The number of esters is 1. The number of aryl methyl sites for hydroxylation is 1. The smallest absolute Gasteiger partial charge is 0.308 e. The molecule has 1 atom stereocenters. The van der Waals surface area contributed by atoms with Gasteiger partial charge in [0.2, 0.25) is 0 Å². The number of carbonyl (C=O) groups excluding carboxylic acids is 2. The van der Waals surface area contributed by atoms with Gasteiger partial charge in [0.15, 0.2) is 0 Å². The molecule has 0 aliphatic carbocycles. The summed E-state index contributed by atoms with van der Waals surface area (Å²) in [5.74, 6) is -0.678. The third-order valence-electron chi connectivity index (χ3n) is 5.56. The van der Waals surface area contributed by atoms with Crippen molar-refractivity contribution in [1.82, 2.24) is 9.47 Å². The summed E-state index contributed by atoms with van der Waals surface area (Å²) in [7, 11) is 1.38. The number of aromatic nitrogens is 1. The standard InChI is InChI=1S/C22H26N2O4/c1-15-9-14-24(16(2)17-7-5-4-6-8-17)21(26)19(15)20(25)23-12-10-18(11-13-23)22(27)28-3/h4-9,14,16,18H,10-13H2,1-3H3. The van der Waals surface area contributed by atoms with Crippen LogP contribution in [0.5, 0.6) is 0 Å². The number of benzene rings is 1. The largest absolute Gasteiger partial charge is 0.469 e. The van der Waals surface area contributed by atoms with Gasteiger partial charge in [-0.25, -0.2) is 0 Å². The third kappa shape index (κ3) is 3.86. The molecule has 6 nitrogen and oxygen atoms in total. The molecule has 28 heavy (non-hydrogen) atoms. The first-order chi connectivity index (χ1) is 13.4. The predicted molar refractivity (Wildman–Crippen MR) is 106 cm³/mol. The van der Waals surface area contributed by atoms with Crippen molar-refractivity contribution in [1.29, 1.82) is 0 Å². The molecule has 2 aromatic rings. The fourth-order valence-electron chi connectivity index (χ4n) is 3.74. The molecule has 0 saturated carbocycles. The Labute approximate surface area is 164 Å². The van der Waals surface area contributed by atoms with E-state index >= 15 is 0 Å². The Kier molecular flexibility index (Phi) is 5.97. The minimum atomic E-state index is -0.281. The van der Waals surface area contributed by atoms with E-state index < -0.39 is 0 Å². The number of amides is 1. The van der Waals surface area contributed by atoms with Crippen molar-refractivity contribution in [2.45, 2.75) is 32.7 Å². The highest BCUT2D eigenvalue weighted by Gasteiger charge is 2.30. The molecular formula is C22H26N2O4. The molecule has 1 aromatic heterocycles. The molecule has 1 saturated heterocycles. The molecule has 3 rings (SSSR count). The van der Waals surface area contributed by atoms with Gasteiger partial charge in [0.25, 0.3) is 11.5 Å². The lowest BCUT2D eigenvalue weighted by molar-refractivity contribution is -0.146. The van der Waals surface area contributed by atoms with E-state index in [9.17, 15) is 14.4 Å². The zero-order valence-electron chi connectivity index (χ0n) is 16.6. The van der Waals surface area contributed by atoms with E-state index in [1.807, 2.05) is 43.3 Å². The highest BCUT2D eigenvalue weighted by Crippen LogP contribution is 2.21. The van der Waals surface area contributed by atoms with Crippen LogP contribution in [0.3, 0.4) is 0 Å². The van der Waals surface area contributed by atoms with Crippen molar-refractivity contribution in [3.63, 3.8) is 0 Å². The molecular weight excluding hydrogens is 356 g/mol. The van der Waals surface area contributed by atoms with E-state index in [1.165, 1.54) is 7.11 Å². The van der Waals surface area contributed by atoms with E-state index in [1.54, 1.807) is 22.6 Å². The topological polar surface area (TPSA) is 68.6 Å². The van der Waals surface area contributed by atoms with Gasteiger partial charge in [-0.15, -0.1) is 0 Å². The van der Waals surface area contributed by atoms with Crippen molar-refractivity contribution in [3.8, 4) is 0 Å². The molecule has 1 amide bonds. The van der Waals surface area contributed by atoms with Crippen LogP contribution in [0.1, 0.15) is 47.3 Å². The van der Waals surface area contributed by atoms with Gasteiger partial charge < -0.3 is 14.2 Å². The molecule has 0 N–H and O–H groups in total. The molecule has 1 aliphatic heterocycles. The second-order valence-corrected chi connectivity index (χ2v) is 7.26. The van der Waals surface area contributed by atoms with Crippen LogP contribution in [0.4, 0.5) is 0 Å². The average Bonchev–Trinajstić information content (AvgIpc) is 2.73. The highest BCUT2D eigenvalue weighted by molar-refractivity contribution is 5.95. The number of nitrogens with zero attached hydrogens (tertiary/aromatic N) is 2. The van der Waals surface area contributed by atoms with Crippen molar-refractivity contribution < 1.29 is 14.3 Å². The Morgan fingerprint density at radius 2 is 1.75 bits per heavy atom. The normalized spacial score (nSPS) is 15.9. The van der Waals surface area contributed by atoms with Gasteiger partial charge in [-0.05, 0) is 43.9 Å². The summed E-state index contributed by atoms with van der Waals surface area (Å²) in [6.45, 7) is 4.62. The fraction of sp³-hybridized carbons (Fsp3) is 0.409. The summed E-state index contributed by atoms with van der Waals surface area (Å²) in [6, 6.07) is 11.4. The minimum absolute atomic E-state index is 0.175. The second-order valence-electron chi connectivity index (χ2n) is 7.26. The van der Waals surface area contributed by atoms with Gasteiger partial charge in [-0.2, -0.15) is 0 Å². The number of ether oxygens (including phenoxy) is 1. The Morgan fingerprint density at radius 3 is 2.36 bits per heavy atom.